The van der Waals surface area contributed by atoms with Crippen molar-refractivity contribution >= 4 is 5.96 Å². The van der Waals surface area contributed by atoms with Gasteiger partial charge in [-0.25, -0.2) is 4.99 Å². The van der Waals surface area contributed by atoms with Crippen LogP contribution in [0.5, 0.6) is 0 Å². The number of hydrogen-bond donors (Lipinski definition) is 2. The van der Waals surface area contributed by atoms with Gasteiger partial charge in [-0.1, -0.05) is 24.3 Å². The summed E-state index contributed by atoms with van der Waals surface area (Å²) in [4.78, 5) is 4.51. The number of nitrogens with one attached hydrogen (secondary N) is 2. The van der Waals surface area contributed by atoms with E-state index >= 15 is 0 Å². The SMILES string of the molecule is CCNC(=NCc1ccc(COCC(F)(F)F)cc1)NCCCOCCOC. The molecule has 0 heterocycles. The first-order valence-electron chi connectivity index (χ1n) is 9.25. The van der Waals surface area contributed by atoms with Crippen LogP contribution in [0.2, 0.25) is 0 Å². The maximum Gasteiger partial charge on any atom is 0.411 e. The summed E-state index contributed by atoms with van der Waals surface area (Å²) in [6.45, 7) is 4.43. The van der Waals surface area contributed by atoms with E-state index in [1.165, 1.54) is 0 Å². The lowest BCUT2D eigenvalue weighted by Crippen LogP contribution is -2.38. The Morgan fingerprint density at radius 2 is 1.71 bits per heavy atom. The minimum absolute atomic E-state index is 0.0697. The number of methoxy groups -OCH3 is 1. The Labute approximate surface area is 164 Å². The van der Waals surface area contributed by atoms with E-state index in [0.29, 0.717) is 37.9 Å². The van der Waals surface area contributed by atoms with E-state index in [0.717, 1.165) is 25.1 Å². The maximum atomic E-state index is 12.1. The van der Waals surface area contributed by atoms with Crippen molar-refractivity contribution in [3.05, 3.63) is 35.4 Å². The highest BCUT2D eigenvalue weighted by Gasteiger charge is 2.27. The lowest BCUT2D eigenvalue weighted by atomic mass is 10.1. The second-order valence-electron chi connectivity index (χ2n) is 6.01. The first-order chi connectivity index (χ1) is 13.4. The molecule has 0 unspecified atom stereocenters. The second kappa shape index (κ2) is 14.2. The largest absolute Gasteiger partial charge is 0.411 e. The van der Waals surface area contributed by atoms with E-state index in [-0.39, 0.29) is 6.61 Å². The molecule has 0 aliphatic heterocycles. The molecule has 0 saturated carbocycles. The average molecular weight is 405 g/mol. The number of ether oxygens (including phenoxy) is 3. The minimum atomic E-state index is -4.31. The molecule has 160 valence electrons. The molecule has 0 bridgehead atoms. The molecule has 1 aromatic carbocycles. The highest BCUT2D eigenvalue weighted by Crippen LogP contribution is 2.16. The van der Waals surface area contributed by atoms with Crippen LogP contribution in [0.3, 0.4) is 0 Å². The minimum Gasteiger partial charge on any atom is -0.382 e. The van der Waals surface area contributed by atoms with Gasteiger partial charge in [0.15, 0.2) is 5.96 Å². The average Bonchev–Trinajstić information content (AvgIpc) is 2.65. The summed E-state index contributed by atoms with van der Waals surface area (Å²) in [7, 11) is 1.64. The molecule has 1 aromatic rings. The summed E-state index contributed by atoms with van der Waals surface area (Å²) in [5.74, 6) is 0.706. The highest BCUT2D eigenvalue weighted by molar-refractivity contribution is 5.79. The third kappa shape index (κ3) is 12.5. The van der Waals surface area contributed by atoms with Gasteiger partial charge in [0.05, 0.1) is 26.4 Å². The van der Waals surface area contributed by atoms with Crippen molar-refractivity contribution in [1.29, 1.82) is 0 Å². The lowest BCUT2D eigenvalue weighted by Gasteiger charge is -2.11. The van der Waals surface area contributed by atoms with Crippen LogP contribution in [0.1, 0.15) is 24.5 Å². The first kappa shape index (κ1) is 24.2. The summed E-state index contributed by atoms with van der Waals surface area (Å²) < 4.78 is 51.2. The van der Waals surface area contributed by atoms with Gasteiger partial charge in [-0.2, -0.15) is 13.2 Å². The quantitative estimate of drug-likeness (QED) is 0.300. The number of benzene rings is 1. The molecule has 0 atom stereocenters. The number of rotatable bonds is 13. The van der Waals surface area contributed by atoms with Crippen LogP contribution in [0.15, 0.2) is 29.3 Å². The standard InChI is InChI=1S/C19H30F3N3O3/c1-3-23-18(24-9-4-10-27-12-11-26-2)25-13-16-5-7-17(8-6-16)14-28-15-19(20,21)22/h5-8H,3-4,9-15H2,1-2H3,(H2,23,24,25). The Hall–Kier alpha value is -1.84. The number of nitrogens with zero attached hydrogens (tertiary/aromatic N) is 1. The van der Waals surface area contributed by atoms with Gasteiger partial charge in [0.1, 0.15) is 6.61 Å². The van der Waals surface area contributed by atoms with Crippen molar-refractivity contribution in [1.82, 2.24) is 10.6 Å². The zero-order valence-electron chi connectivity index (χ0n) is 16.5. The molecule has 0 spiro atoms. The van der Waals surface area contributed by atoms with E-state index in [4.69, 9.17) is 9.47 Å². The molecule has 0 aliphatic carbocycles. The Morgan fingerprint density at radius 3 is 2.36 bits per heavy atom. The Bertz CT molecular complexity index is 552. The van der Waals surface area contributed by atoms with Crippen molar-refractivity contribution in [2.45, 2.75) is 32.7 Å². The molecular weight excluding hydrogens is 375 g/mol. The maximum absolute atomic E-state index is 12.1. The molecular formula is C19H30F3N3O3. The fourth-order valence-corrected chi connectivity index (χ4v) is 2.16. The molecule has 28 heavy (non-hydrogen) atoms. The van der Waals surface area contributed by atoms with E-state index in [1.807, 2.05) is 19.1 Å². The normalized spacial score (nSPS) is 12.2. The van der Waals surface area contributed by atoms with Crippen LogP contribution in [0, 0.1) is 0 Å². The van der Waals surface area contributed by atoms with Gasteiger partial charge in [0, 0.05) is 26.8 Å². The first-order valence-corrected chi connectivity index (χ1v) is 9.25. The van der Waals surface area contributed by atoms with E-state index < -0.39 is 12.8 Å². The number of halogens is 3. The molecule has 0 fully saturated rings. The van der Waals surface area contributed by atoms with Gasteiger partial charge in [0.2, 0.25) is 0 Å². The molecule has 9 heteroatoms. The van der Waals surface area contributed by atoms with Gasteiger partial charge in [-0.15, -0.1) is 0 Å². The van der Waals surface area contributed by atoms with E-state index in [9.17, 15) is 13.2 Å². The van der Waals surface area contributed by atoms with Crippen LogP contribution < -0.4 is 10.6 Å². The van der Waals surface area contributed by atoms with Crippen molar-refractivity contribution in [2.24, 2.45) is 4.99 Å². The molecule has 2 N–H and O–H groups in total. The fraction of sp³-hybridized carbons (Fsp3) is 0.632. The molecule has 1 rings (SSSR count). The zero-order chi connectivity index (χ0) is 20.7. The van der Waals surface area contributed by atoms with Gasteiger partial charge in [0.25, 0.3) is 0 Å². The van der Waals surface area contributed by atoms with Crippen LogP contribution in [-0.2, 0) is 27.4 Å². The molecule has 0 saturated heterocycles. The number of aliphatic imine (C=N–C) groups is 1. The van der Waals surface area contributed by atoms with Gasteiger partial charge >= 0.3 is 6.18 Å². The van der Waals surface area contributed by atoms with Crippen molar-refractivity contribution in [3.63, 3.8) is 0 Å². The number of guanidine groups is 1. The highest BCUT2D eigenvalue weighted by atomic mass is 19.4. The van der Waals surface area contributed by atoms with E-state index in [1.54, 1.807) is 19.2 Å². The third-order valence-corrected chi connectivity index (χ3v) is 3.51. The molecule has 0 amide bonds. The topological polar surface area (TPSA) is 64.1 Å². The van der Waals surface area contributed by atoms with Gasteiger partial charge in [-0.05, 0) is 24.5 Å². The van der Waals surface area contributed by atoms with Crippen LogP contribution in [0.4, 0.5) is 13.2 Å². The number of hydrogen-bond acceptors (Lipinski definition) is 4. The van der Waals surface area contributed by atoms with E-state index in [2.05, 4.69) is 20.4 Å². The van der Waals surface area contributed by atoms with Gasteiger partial charge in [-0.3, -0.25) is 0 Å². The second-order valence-corrected chi connectivity index (χ2v) is 6.01. The summed E-state index contributed by atoms with van der Waals surface area (Å²) in [5, 5.41) is 6.41. The number of alkyl halides is 3. The predicted octanol–water partition coefficient (Wildman–Crippen LogP) is 2.87. The molecule has 6 nitrogen and oxygen atoms in total. The molecule has 0 aliphatic rings. The van der Waals surface area contributed by atoms with Gasteiger partial charge < -0.3 is 24.8 Å². The van der Waals surface area contributed by atoms with Crippen LogP contribution in [0.25, 0.3) is 0 Å². The fourth-order valence-electron chi connectivity index (χ4n) is 2.16. The summed E-state index contributed by atoms with van der Waals surface area (Å²) in [6, 6.07) is 7.17. The Balaban J connectivity index is 2.36. The van der Waals surface area contributed by atoms with Crippen molar-refractivity contribution in [2.75, 3.05) is 46.6 Å². The monoisotopic (exact) mass is 405 g/mol. The Kier molecular flexibility index (Phi) is 12.3. The zero-order valence-corrected chi connectivity index (χ0v) is 16.5. The lowest BCUT2D eigenvalue weighted by molar-refractivity contribution is -0.176. The molecule has 0 aromatic heterocycles. The summed E-state index contributed by atoms with van der Waals surface area (Å²) in [5.41, 5.74) is 1.65. The Morgan fingerprint density at radius 1 is 1.00 bits per heavy atom. The predicted molar refractivity (Wildman–Crippen MR) is 102 cm³/mol. The van der Waals surface area contributed by atoms with Crippen molar-refractivity contribution in [3.8, 4) is 0 Å². The van der Waals surface area contributed by atoms with Crippen LogP contribution in [-0.4, -0.2) is 58.8 Å². The third-order valence-electron chi connectivity index (χ3n) is 3.51. The smallest absolute Gasteiger partial charge is 0.382 e. The van der Waals surface area contributed by atoms with Crippen LogP contribution >= 0.6 is 0 Å². The molecule has 0 radical (unpaired) electrons. The summed E-state index contributed by atoms with van der Waals surface area (Å²) in [6.07, 6.45) is -3.46. The van der Waals surface area contributed by atoms with Crippen molar-refractivity contribution < 1.29 is 27.4 Å². The summed E-state index contributed by atoms with van der Waals surface area (Å²) >= 11 is 0.